The first kappa shape index (κ1) is 32.8. The Morgan fingerprint density at radius 1 is 1.02 bits per heavy atom. The van der Waals surface area contributed by atoms with E-state index in [2.05, 4.69) is 22.0 Å². The molecule has 1 aliphatic carbocycles. The third-order valence-corrected chi connectivity index (χ3v) is 9.10. The maximum atomic E-state index is 13.7. The minimum atomic E-state index is -0.966. The van der Waals surface area contributed by atoms with Crippen molar-refractivity contribution in [2.24, 2.45) is 11.3 Å². The van der Waals surface area contributed by atoms with Crippen molar-refractivity contribution in [3.63, 3.8) is 0 Å². The molecule has 3 aliphatic rings. The van der Waals surface area contributed by atoms with Gasteiger partial charge in [-0.15, -0.1) is 0 Å². The Balaban J connectivity index is 1.41. The van der Waals surface area contributed by atoms with Gasteiger partial charge in [-0.05, 0) is 48.5 Å². The predicted molar refractivity (Wildman–Crippen MR) is 164 cm³/mol. The SMILES string of the molecule is CNC(=O)[C@@H](NC(=O)[C@@H](NC(=O)[C@@H]1C[C@H](OC(=O)N2CCc3ccccc3C2)CN1B(C)O)C(C)(C)C)C1CCCCC1. The molecule has 43 heavy (non-hydrogen) atoms. The molecular weight excluding hydrogens is 549 g/mol. The van der Waals surface area contributed by atoms with Gasteiger partial charge in [-0.2, -0.15) is 0 Å². The van der Waals surface area contributed by atoms with Gasteiger partial charge < -0.3 is 35.4 Å². The number of hydrogen-bond donors (Lipinski definition) is 4. The molecule has 236 valence electrons. The lowest BCUT2D eigenvalue weighted by molar-refractivity contribution is -0.136. The molecule has 0 unspecified atom stereocenters. The van der Waals surface area contributed by atoms with Gasteiger partial charge in [-0.1, -0.05) is 64.3 Å². The number of hydrogen-bond acceptors (Lipinski definition) is 7. The lowest BCUT2D eigenvalue weighted by atomic mass is 9.82. The first-order valence-electron chi connectivity index (χ1n) is 15.7. The van der Waals surface area contributed by atoms with Crippen molar-refractivity contribution in [1.82, 2.24) is 25.7 Å². The van der Waals surface area contributed by atoms with Gasteiger partial charge >= 0.3 is 13.1 Å². The van der Waals surface area contributed by atoms with Crippen molar-refractivity contribution in [3.05, 3.63) is 35.4 Å². The third kappa shape index (κ3) is 8.09. The highest BCUT2D eigenvalue weighted by atomic mass is 16.6. The van der Waals surface area contributed by atoms with E-state index >= 15 is 0 Å². The van der Waals surface area contributed by atoms with E-state index in [0.717, 1.165) is 44.1 Å². The molecule has 2 aliphatic heterocycles. The van der Waals surface area contributed by atoms with Crippen molar-refractivity contribution >= 4 is 30.9 Å². The number of amides is 4. The van der Waals surface area contributed by atoms with Crippen LogP contribution in [0.15, 0.2) is 24.3 Å². The average Bonchev–Trinajstić information content (AvgIpc) is 3.42. The van der Waals surface area contributed by atoms with Crippen molar-refractivity contribution in [2.45, 2.75) is 103 Å². The molecule has 2 fully saturated rings. The molecule has 1 saturated carbocycles. The first-order valence-corrected chi connectivity index (χ1v) is 15.7. The summed E-state index contributed by atoms with van der Waals surface area (Å²) in [5.41, 5.74) is 1.65. The summed E-state index contributed by atoms with van der Waals surface area (Å²) < 4.78 is 5.84. The molecule has 12 heteroatoms. The Morgan fingerprint density at radius 2 is 1.70 bits per heavy atom. The van der Waals surface area contributed by atoms with Crippen LogP contribution in [0.5, 0.6) is 0 Å². The molecule has 0 aromatic heterocycles. The number of likely N-dealkylation sites (N-methyl/N-ethyl adjacent to an activating group) is 1. The fourth-order valence-corrected chi connectivity index (χ4v) is 6.62. The molecule has 0 bridgehead atoms. The Morgan fingerprint density at radius 3 is 2.33 bits per heavy atom. The van der Waals surface area contributed by atoms with Crippen LogP contribution in [-0.2, 0) is 32.1 Å². The minimum Gasteiger partial charge on any atom is -0.445 e. The van der Waals surface area contributed by atoms with E-state index in [1.165, 1.54) is 5.56 Å². The Bertz CT molecular complexity index is 1170. The van der Waals surface area contributed by atoms with Gasteiger partial charge in [0.1, 0.15) is 18.2 Å². The van der Waals surface area contributed by atoms with Gasteiger partial charge in [0.25, 0.3) is 0 Å². The number of nitrogens with one attached hydrogen (secondary N) is 3. The number of rotatable bonds is 8. The smallest absolute Gasteiger partial charge is 0.410 e. The molecule has 0 spiro atoms. The van der Waals surface area contributed by atoms with Crippen LogP contribution < -0.4 is 16.0 Å². The Kier molecular flexibility index (Phi) is 10.8. The van der Waals surface area contributed by atoms with E-state index in [0.29, 0.717) is 13.1 Å². The fourth-order valence-electron chi connectivity index (χ4n) is 6.62. The molecule has 2 heterocycles. The second-order valence-electron chi connectivity index (χ2n) is 13.3. The van der Waals surface area contributed by atoms with E-state index < -0.39 is 54.6 Å². The van der Waals surface area contributed by atoms with Gasteiger partial charge in [-0.25, -0.2) is 4.79 Å². The number of carbonyl (C=O) groups is 4. The topological polar surface area (TPSA) is 140 Å². The van der Waals surface area contributed by atoms with Crippen molar-refractivity contribution in [3.8, 4) is 0 Å². The summed E-state index contributed by atoms with van der Waals surface area (Å²) in [6.45, 7) is 8.34. The van der Waals surface area contributed by atoms with Crippen molar-refractivity contribution in [1.29, 1.82) is 0 Å². The maximum absolute atomic E-state index is 13.7. The third-order valence-electron chi connectivity index (χ3n) is 9.10. The Labute approximate surface area is 255 Å². The lowest BCUT2D eigenvalue weighted by Gasteiger charge is -2.35. The van der Waals surface area contributed by atoms with Crippen LogP contribution in [0.3, 0.4) is 0 Å². The molecule has 0 radical (unpaired) electrons. The van der Waals surface area contributed by atoms with E-state index in [1.807, 2.05) is 39.0 Å². The summed E-state index contributed by atoms with van der Waals surface area (Å²) in [6.07, 6.45) is 4.77. The molecule has 1 saturated heterocycles. The zero-order valence-electron chi connectivity index (χ0n) is 26.2. The quantitative estimate of drug-likeness (QED) is 0.337. The zero-order chi connectivity index (χ0) is 31.3. The summed E-state index contributed by atoms with van der Waals surface area (Å²) in [5.74, 6) is -1.05. The average molecular weight is 598 g/mol. The van der Waals surface area contributed by atoms with E-state index in [9.17, 15) is 24.2 Å². The largest absolute Gasteiger partial charge is 0.445 e. The van der Waals surface area contributed by atoms with Crippen LogP contribution in [0.4, 0.5) is 4.79 Å². The zero-order valence-corrected chi connectivity index (χ0v) is 26.2. The van der Waals surface area contributed by atoms with Gasteiger partial charge in [0.15, 0.2) is 0 Å². The second kappa shape index (κ2) is 14.1. The van der Waals surface area contributed by atoms with Gasteiger partial charge in [0.05, 0.1) is 6.04 Å². The molecular formula is C31H48BN5O6. The van der Waals surface area contributed by atoms with Crippen LogP contribution in [0, 0.1) is 11.3 Å². The summed E-state index contributed by atoms with van der Waals surface area (Å²) in [7, 11) is 0.595. The number of ether oxygens (including phenoxy) is 1. The van der Waals surface area contributed by atoms with Crippen LogP contribution >= 0.6 is 0 Å². The molecule has 1 aromatic carbocycles. The molecule has 11 nitrogen and oxygen atoms in total. The highest BCUT2D eigenvalue weighted by molar-refractivity contribution is 6.46. The molecule has 4 rings (SSSR count). The van der Waals surface area contributed by atoms with Crippen LogP contribution in [0.25, 0.3) is 0 Å². The number of fused-ring (bicyclic) bond motifs is 1. The summed E-state index contributed by atoms with van der Waals surface area (Å²) in [6, 6.07) is 5.62. The second-order valence-corrected chi connectivity index (χ2v) is 13.3. The highest BCUT2D eigenvalue weighted by Gasteiger charge is 2.45. The number of benzene rings is 1. The van der Waals surface area contributed by atoms with Crippen LogP contribution in [0.2, 0.25) is 6.82 Å². The number of nitrogens with zero attached hydrogens (tertiary/aromatic N) is 2. The van der Waals surface area contributed by atoms with Crippen molar-refractivity contribution in [2.75, 3.05) is 20.1 Å². The van der Waals surface area contributed by atoms with Gasteiger partial charge in [-0.3, -0.25) is 14.4 Å². The monoisotopic (exact) mass is 597 g/mol. The summed E-state index contributed by atoms with van der Waals surface area (Å²) in [4.78, 5) is 56.4. The molecule has 4 N–H and O–H groups in total. The first-order chi connectivity index (χ1) is 20.4. The Hall–Kier alpha value is -3.12. The minimum absolute atomic E-state index is 0.0401. The normalized spacial score (nSPS) is 22.6. The summed E-state index contributed by atoms with van der Waals surface area (Å²) >= 11 is 0. The maximum Gasteiger partial charge on any atom is 0.410 e. The van der Waals surface area contributed by atoms with Crippen LogP contribution in [-0.4, -0.2) is 90.0 Å². The number of carbonyl (C=O) groups excluding carboxylic acids is 4. The van der Waals surface area contributed by atoms with E-state index in [-0.39, 0.29) is 24.8 Å². The molecule has 1 aromatic rings. The van der Waals surface area contributed by atoms with Gasteiger partial charge in [0.2, 0.25) is 17.7 Å². The van der Waals surface area contributed by atoms with Crippen molar-refractivity contribution < 1.29 is 28.9 Å². The van der Waals surface area contributed by atoms with Gasteiger partial charge in [0, 0.05) is 33.1 Å². The summed E-state index contributed by atoms with van der Waals surface area (Å²) in [5, 5.41) is 19.0. The predicted octanol–water partition coefficient (Wildman–Crippen LogP) is 2.08. The van der Waals surface area contributed by atoms with E-state index in [4.69, 9.17) is 4.74 Å². The standard InChI is InChI=1S/C31H48BN5O6/c1-31(2,3)26(29(40)34-25(28(39)33-5)21-12-7-6-8-13-21)35-27(38)24-17-23(19-37(24)32(4)42)43-30(41)36-16-15-20-11-9-10-14-22(20)18-36/h9-11,14,21,23-26,42H,6-8,12-13,15-19H2,1-5H3,(H,33,39)(H,34,40)(H,35,38)/t23-,24-,25-,26+/m0/s1. The molecule has 4 atom stereocenters. The highest BCUT2D eigenvalue weighted by Crippen LogP contribution is 2.29. The fraction of sp³-hybridized carbons (Fsp3) is 0.677. The lowest BCUT2D eigenvalue weighted by Crippen LogP contribution is -2.61. The van der Waals surface area contributed by atoms with Crippen LogP contribution in [0.1, 0.15) is 70.4 Å². The van der Waals surface area contributed by atoms with E-state index in [1.54, 1.807) is 23.6 Å². The molecule has 4 amide bonds.